The van der Waals surface area contributed by atoms with Crippen LogP contribution in [0.25, 0.3) is 6.08 Å². The van der Waals surface area contributed by atoms with E-state index in [4.69, 9.17) is 32.7 Å². The summed E-state index contributed by atoms with van der Waals surface area (Å²) in [6.45, 7) is 5.64. The van der Waals surface area contributed by atoms with Gasteiger partial charge in [-0.05, 0) is 68.3 Å². The molecule has 204 valence electrons. The SMILES string of the molecule is CC1=C(C(=O)OC(C)C)C(c2ccccc2)n2c(sc(=Cc3cc(Cl)ccc3OCc3cccc(Cl)c3)c2=O)=N1. The summed E-state index contributed by atoms with van der Waals surface area (Å²) in [5, 5.41) is 1.13. The molecule has 0 spiro atoms. The second-order valence-electron chi connectivity index (χ2n) is 9.55. The van der Waals surface area contributed by atoms with Crippen molar-refractivity contribution in [2.24, 2.45) is 4.99 Å². The zero-order valence-electron chi connectivity index (χ0n) is 22.1. The number of aromatic nitrogens is 1. The predicted molar refractivity (Wildman–Crippen MR) is 159 cm³/mol. The molecular weight excluding hydrogens is 567 g/mol. The van der Waals surface area contributed by atoms with Crippen LogP contribution in [0.15, 0.2) is 93.9 Å². The summed E-state index contributed by atoms with van der Waals surface area (Å²) in [5.74, 6) is 0.0677. The van der Waals surface area contributed by atoms with Gasteiger partial charge in [0, 0.05) is 15.6 Å². The zero-order valence-corrected chi connectivity index (χ0v) is 24.4. The van der Waals surface area contributed by atoms with Crippen molar-refractivity contribution in [3.63, 3.8) is 0 Å². The van der Waals surface area contributed by atoms with Gasteiger partial charge < -0.3 is 9.47 Å². The monoisotopic (exact) mass is 592 g/mol. The molecule has 5 rings (SSSR count). The Bertz CT molecular complexity index is 1790. The highest BCUT2D eigenvalue weighted by Gasteiger charge is 2.33. The lowest BCUT2D eigenvalue weighted by molar-refractivity contribution is -0.143. The van der Waals surface area contributed by atoms with E-state index in [1.807, 2.05) is 48.5 Å². The van der Waals surface area contributed by atoms with Gasteiger partial charge in [-0.1, -0.05) is 77.0 Å². The smallest absolute Gasteiger partial charge is 0.338 e. The average molecular weight is 594 g/mol. The fraction of sp³-hybridized carbons (Fsp3) is 0.194. The Morgan fingerprint density at radius 3 is 2.52 bits per heavy atom. The maximum atomic E-state index is 13.9. The third kappa shape index (κ3) is 5.92. The van der Waals surface area contributed by atoms with Gasteiger partial charge in [0.1, 0.15) is 12.4 Å². The fourth-order valence-corrected chi connectivity index (χ4v) is 5.93. The molecule has 3 aromatic carbocycles. The highest BCUT2D eigenvalue weighted by atomic mass is 35.5. The Morgan fingerprint density at radius 2 is 1.80 bits per heavy atom. The van der Waals surface area contributed by atoms with Gasteiger partial charge >= 0.3 is 5.97 Å². The number of hydrogen-bond donors (Lipinski definition) is 0. The predicted octanol–water partition coefficient (Wildman–Crippen LogP) is 6.07. The molecule has 1 aromatic heterocycles. The number of carbonyl (C=O) groups excluding carboxylic acids is 1. The normalized spacial score (nSPS) is 15.2. The van der Waals surface area contributed by atoms with Gasteiger partial charge in [0.2, 0.25) is 0 Å². The van der Waals surface area contributed by atoms with Gasteiger partial charge in [-0.15, -0.1) is 0 Å². The van der Waals surface area contributed by atoms with Crippen LogP contribution >= 0.6 is 34.5 Å². The molecule has 9 heteroatoms. The van der Waals surface area contributed by atoms with Crippen LogP contribution in [0.4, 0.5) is 0 Å². The number of ether oxygens (including phenoxy) is 2. The van der Waals surface area contributed by atoms with Crippen LogP contribution in [0.3, 0.4) is 0 Å². The molecule has 6 nitrogen and oxygen atoms in total. The average Bonchev–Trinajstić information content (AvgIpc) is 3.21. The molecule has 1 aliphatic heterocycles. The number of carbonyl (C=O) groups is 1. The van der Waals surface area contributed by atoms with Crippen LogP contribution in [-0.4, -0.2) is 16.6 Å². The van der Waals surface area contributed by atoms with Crippen LogP contribution in [0.2, 0.25) is 10.0 Å². The van der Waals surface area contributed by atoms with Crippen LogP contribution in [-0.2, 0) is 16.1 Å². The van der Waals surface area contributed by atoms with E-state index in [-0.39, 0.29) is 11.7 Å². The van der Waals surface area contributed by atoms with Gasteiger partial charge in [0.15, 0.2) is 4.80 Å². The van der Waals surface area contributed by atoms with Gasteiger partial charge in [0.05, 0.1) is 27.9 Å². The molecule has 2 heterocycles. The van der Waals surface area contributed by atoms with Crippen molar-refractivity contribution >= 4 is 46.6 Å². The standard InChI is InChI=1S/C31H26Cl2N2O4S/c1-18(2)39-30(37)27-19(3)34-31-35(28(27)21-9-5-4-6-10-21)29(36)26(40-31)16-22-15-24(33)12-13-25(22)38-17-20-8-7-11-23(32)14-20/h4-16,18,28H,17H2,1-3H3. The first kappa shape index (κ1) is 27.9. The highest BCUT2D eigenvalue weighted by Crippen LogP contribution is 2.31. The zero-order chi connectivity index (χ0) is 28.4. The Morgan fingerprint density at radius 1 is 1.05 bits per heavy atom. The quantitative estimate of drug-likeness (QED) is 0.244. The number of nitrogens with zero attached hydrogens (tertiary/aromatic N) is 2. The van der Waals surface area contributed by atoms with Gasteiger partial charge in [0.25, 0.3) is 5.56 Å². The highest BCUT2D eigenvalue weighted by molar-refractivity contribution is 7.07. The molecule has 0 bridgehead atoms. The number of hydrogen-bond acceptors (Lipinski definition) is 6. The Kier molecular flexibility index (Phi) is 8.26. The van der Waals surface area contributed by atoms with E-state index >= 15 is 0 Å². The maximum Gasteiger partial charge on any atom is 0.338 e. The summed E-state index contributed by atoms with van der Waals surface area (Å²) in [4.78, 5) is 32.3. The largest absolute Gasteiger partial charge is 0.488 e. The van der Waals surface area contributed by atoms with Gasteiger partial charge in [-0.25, -0.2) is 9.79 Å². The molecule has 0 radical (unpaired) electrons. The lowest BCUT2D eigenvalue weighted by atomic mass is 9.96. The molecule has 0 aliphatic carbocycles. The van der Waals surface area contributed by atoms with Crippen LogP contribution in [0.5, 0.6) is 5.75 Å². The Balaban J connectivity index is 1.61. The molecule has 0 saturated heterocycles. The second-order valence-corrected chi connectivity index (χ2v) is 11.4. The molecule has 0 N–H and O–H groups in total. The number of benzene rings is 3. The van der Waals surface area contributed by atoms with Crippen molar-refractivity contribution in [3.8, 4) is 5.75 Å². The molecule has 40 heavy (non-hydrogen) atoms. The first-order chi connectivity index (χ1) is 19.2. The third-order valence-corrected chi connectivity index (χ3v) is 7.69. The lowest BCUT2D eigenvalue weighted by Crippen LogP contribution is -2.40. The molecular formula is C31H26Cl2N2O4S. The van der Waals surface area contributed by atoms with E-state index in [2.05, 4.69) is 4.99 Å². The van der Waals surface area contributed by atoms with Crippen molar-refractivity contribution in [2.45, 2.75) is 39.5 Å². The van der Waals surface area contributed by atoms with E-state index in [9.17, 15) is 9.59 Å². The molecule has 1 atom stereocenters. The fourth-order valence-electron chi connectivity index (χ4n) is 4.50. The third-order valence-electron chi connectivity index (χ3n) is 6.24. The van der Waals surface area contributed by atoms with Crippen molar-refractivity contribution in [1.82, 2.24) is 4.57 Å². The number of thiazole rings is 1. The summed E-state index contributed by atoms with van der Waals surface area (Å²) in [7, 11) is 0. The number of allylic oxidation sites excluding steroid dienone is 1. The van der Waals surface area contributed by atoms with E-state index in [1.165, 1.54) is 11.3 Å². The van der Waals surface area contributed by atoms with E-state index in [0.717, 1.165) is 11.1 Å². The van der Waals surface area contributed by atoms with Crippen LogP contribution < -0.4 is 19.6 Å². The molecule has 4 aromatic rings. The minimum atomic E-state index is -0.677. The van der Waals surface area contributed by atoms with E-state index < -0.39 is 12.0 Å². The van der Waals surface area contributed by atoms with E-state index in [1.54, 1.807) is 55.7 Å². The van der Waals surface area contributed by atoms with Crippen molar-refractivity contribution < 1.29 is 14.3 Å². The molecule has 1 aliphatic rings. The number of esters is 1. The molecule has 1 unspecified atom stereocenters. The van der Waals surface area contributed by atoms with Crippen LogP contribution in [0, 0.1) is 0 Å². The molecule has 0 amide bonds. The second kappa shape index (κ2) is 11.8. The topological polar surface area (TPSA) is 69.9 Å². The first-order valence-electron chi connectivity index (χ1n) is 12.7. The number of rotatable bonds is 7. The Hall–Kier alpha value is -3.65. The summed E-state index contributed by atoms with van der Waals surface area (Å²) < 4.78 is 13.6. The summed E-state index contributed by atoms with van der Waals surface area (Å²) in [5.41, 5.74) is 2.92. The van der Waals surface area contributed by atoms with E-state index in [0.29, 0.717) is 48.6 Å². The van der Waals surface area contributed by atoms with Crippen molar-refractivity contribution in [1.29, 1.82) is 0 Å². The minimum Gasteiger partial charge on any atom is -0.488 e. The van der Waals surface area contributed by atoms with Crippen LogP contribution in [0.1, 0.15) is 43.5 Å². The first-order valence-corrected chi connectivity index (χ1v) is 14.2. The minimum absolute atomic E-state index is 0.277. The number of fused-ring (bicyclic) bond motifs is 1. The summed E-state index contributed by atoms with van der Waals surface area (Å²) >= 11 is 13.7. The molecule has 0 fully saturated rings. The summed E-state index contributed by atoms with van der Waals surface area (Å²) in [6.07, 6.45) is 1.43. The molecule has 0 saturated carbocycles. The Labute approximate surface area is 245 Å². The lowest BCUT2D eigenvalue weighted by Gasteiger charge is -2.25. The van der Waals surface area contributed by atoms with Gasteiger partial charge in [-0.3, -0.25) is 9.36 Å². The number of halogens is 2. The summed E-state index contributed by atoms with van der Waals surface area (Å²) in [6, 6.07) is 21.4. The van der Waals surface area contributed by atoms with Crippen molar-refractivity contribution in [2.75, 3.05) is 0 Å². The van der Waals surface area contributed by atoms with Crippen molar-refractivity contribution in [3.05, 3.63) is 130 Å². The van der Waals surface area contributed by atoms with Gasteiger partial charge in [-0.2, -0.15) is 0 Å². The maximum absolute atomic E-state index is 13.9.